The summed E-state index contributed by atoms with van der Waals surface area (Å²) in [6.07, 6.45) is 0. The lowest BCUT2D eigenvalue weighted by Crippen LogP contribution is -2.41. The standard InChI is InChI=1S/C13H23N3O4S2/c1-3-14-12(2)11-16-21(17,18)10-9-15-22(19,20)13-7-5-4-6-8-13/h4-8,12,14-16H,3,9-11H2,1-2H3/t12-/m1/s1. The molecule has 9 heteroatoms. The Bertz CT molecular complexity index is 645. The molecule has 0 spiro atoms. The van der Waals surface area contributed by atoms with E-state index in [4.69, 9.17) is 0 Å². The molecule has 1 aromatic carbocycles. The summed E-state index contributed by atoms with van der Waals surface area (Å²) in [6.45, 7) is 4.64. The van der Waals surface area contributed by atoms with Crippen LogP contribution in [0.1, 0.15) is 13.8 Å². The molecule has 126 valence electrons. The monoisotopic (exact) mass is 349 g/mol. The van der Waals surface area contributed by atoms with E-state index < -0.39 is 20.0 Å². The van der Waals surface area contributed by atoms with Gasteiger partial charge in [-0.15, -0.1) is 0 Å². The third-order valence-corrected chi connectivity index (χ3v) is 5.70. The summed E-state index contributed by atoms with van der Waals surface area (Å²) in [5.74, 6) is -0.308. The van der Waals surface area contributed by atoms with E-state index >= 15 is 0 Å². The second-order valence-corrected chi connectivity index (χ2v) is 8.53. The fraction of sp³-hybridized carbons (Fsp3) is 0.538. The molecule has 0 unspecified atom stereocenters. The molecule has 1 aromatic rings. The van der Waals surface area contributed by atoms with E-state index in [1.54, 1.807) is 18.2 Å². The van der Waals surface area contributed by atoms with Gasteiger partial charge >= 0.3 is 0 Å². The summed E-state index contributed by atoms with van der Waals surface area (Å²) in [5, 5.41) is 3.08. The molecule has 0 aliphatic rings. The SMILES string of the molecule is CCN[C@H](C)CNS(=O)(=O)CCNS(=O)(=O)c1ccccc1. The third kappa shape index (κ3) is 6.84. The highest BCUT2D eigenvalue weighted by Crippen LogP contribution is 2.06. The predicted molar refractivity (Wildman–Crippen MR) is 86.6 cm³/mol. The number of nitrogens with one attached hydrogen (secondary N) is 3. The van der Waals surface area contributed by atoms with E-state index in [0.29, 0.717) is 0 Å². The van der Waals surface area contributed by atoms with Gasteiger partial charge in [-0.3, -0.25) is 0 Å². The normalized spacial score (nSPS) is 13.9. The van der Waals surface area contributed by atoms with Crippen LogP contribution in [0.4, 0.5) is 0 Å². The molecule has 3 N–H and O–H groups in total. The molecular weight excluding hydrogens is 326 g/mol. The zero-order valence-electron chi connectivity index (χ0n) is 12.7. The molecule has 0 saturated heterocycles. The summed E-state index contributed by atoms with van der Waals surface area (Å²) >= 11 is 0. The summed E-state index contributed by atoms with van der Waals surface area (Å²) in [7, 11) is -7.19. The van der Waals surface area contributed by atoms with Crippen molar-refractivity contribution in [3.05, 3.63) is 30.3 Å². The van der Waals surface area contributed by atoms with Crippen LogP contribution >= 0.6 is 0 Å². The lowest BCUT2D eigenvalue weighted by atomic mass is 10.3. The molecule has 0 bridgehead atoms. The fourth-order valence-electron chi connectivity index (χ4n) is 1.74. The van der Waals surface area contributed by atoms with Crippen LogP contribution in [0, 0.1) is 0 Å². The van der Waals surface area contributed by atoms with Crippen LogP contribution in [0.25, 0.3) is 0 Å². The van der Waals surface area contributed by atoms with Crippen molar-refractivity contribution >= 4 is 20.0 Å². The molecule has 22 heavy (non-hydrogen) atoms. The van der Waals surface area contributed by atoms with Gasteiger partial charge in [-0.05, 0) is 25.6 Å². The van der Waals surface area contributed by atoms with E-state index in [1.807, 2.05) is 13.8 Å². The van der Waals surface area contributed by atoms with Crippen LogP contribution in [0.3, 0.4) is 0 Å². The molecule has 0 fully saturated rings. The molecule has 1 atom stereocenters. The first kappa shape index (κ1) is 19.0. The number of benzene rings is 1. The number of hydrogen-bond donors (Lipinski definition) is 3. The maximum absolute atomic E-state index is 11.9. The van der Waals surface area contributed by atoms with Gasteiger partial charge < -0.3 is 5.32 Å². The number of hydrogen-bond acceptors (Lipinski definition) is 5. The first-order chi connectivity index (χ1) is 10.3. The van der Waals surface area contributed by atoms with Crippen molar-refractivity contribution in [3.8, 4) is 0 Å². The lowest BCUT2D eigenvalue weighted by Gasteiger charge is -2.13. The molecule has 0 saturated carbocycles. The number of rotatable bonds is 10. The Morgan fingerprint density at radius 1 is 1.05 bits per heavy atom. The highest BCUT2D eigenvalue weighted by molar-refractivity contribution is 7.90. The van der Waals surface area contributed by atoms with E-state index in [2.05, 4.69) is 14.8 Å². The van der Waals surface area contributed by atoms with Crippen LogP contribution in [-0.2, 0) is 20.0 Å². The zero-order valence-corrected chi connectivity index (χ0v) is 14.4. The third-order valence-electron chi connectivity index (χ3n) is 2.88. The summed E-state index contributed by atoms with van der Waals surface area (Å²) in [4.78, 5) is 0.112. The van der Waals surface area contributed by atoms with Crippen molar-refractivity contribution in [3.63, 3.8) is 0 Å². The smallest absolute Gasteiger partial charge is 0.240 e. The van der Waals surface area contributed by atoms with Crippen molar-refractivity contribution in [2.75, 3.05) is 25.4 Å². The quantitative estimate of drug-likeness (QED) is 0.546. The molecule has 7 nitrogen and oxygen atoms in total. The van der Waals surface area contributed by atoms with Crippen molar-refractivity contribution in [1.82, 2.24) is 14.8 Å². The van der Waals surface area contributed by atoms with Gasteiger partial charge in [-0.25, -0.2) is 26.3 Å². The van der Waals surface area contributed by atoms with Gasteiger partial charge in [-0.1, -0.05) is 25.1 Å². The number of likely N-dealkylation sites (N-methyl/N-ethyl adjacent to an activating group) is 1. The highest BCUT2D eigenvalue weighted by Gasteiger charge is 2.16. The Balaban J connectivity index is 2.46. The maximum Gasteiger partial charge on any atom is 0.240 e. The van der Waals surface area contributed by atoms with E-state index in [0.717, 1.165) is 6.54 Å². The summed E-state index contributed by atoms with van der Waals surface area (Å²) < 4.78 is 52.2. The van der Waals surface area contributed by atoms with Gasteiger partial charge in [0.1, 0.15) is 0 Å². The molecule has 0 heterocycles. The Hall–Kier alpha value is -1.00. The minimum absolute atomic E-state index is 0.0146. The van der Waals surface area contributed by atoms with Crippen LogP contribution in [0.2, 0.25) is 0 Å². The molecule has 0 aromatic heterocycles. The minimum atomic E-state index is -3.68. The Morgan fingerprint density at radius 3 is 2.27 bits per heavy atom. The van der Waals surface area contributed by atoms with Crippen LogP contribution in [0.5, 0.6) is 0 Å². The highest BCUT2D eigenvalue weighted by atomic mass is 32.2. The van der Waals surface area contributed by atoms with Gasteiger partial charge in [-0.2, -0.15) is 0 Å². The van der Waals surface area contributed by atoms with E-state index in [9.17, 15) is 16.8 Å². The Kier molecular flexibility index (Phi) is 7.43. The van der Waals surface area contributed by atoms with Gasteiger partial charge in [0.15, 0.2) is 0 Å². The van der Waals surface area contributed by atoms with Crippen molar-refractivity contribution in [1.29, 1.82) is 0 Å². The Labute approximate surface area is 132 Å². The second-order valence-electron chi connectivity index (χ2n) is 4.84. The van der Waals surface area contributed by atoms with Crippen molar-refractivity contribution in [2.45, 2.75) is 24.8 Å². The number of sulfonamides is 2. The first-order valence-electron chi connectivity index (χ1n) is 7.02. The van der Waals surface area contributed by atoms with Gasteiger partial charge in [0, 0.05) is 19.1 Å². The largest absolute Gasteiger partial charge is 0.313 e. The topological polar surface area (TPSA) is 104 Å². The van der Waals surface area contributed by atoms with Crippen molar-refractivity contribution in [2.24, 2.45) is 0 Å². The van der Waals surface area contributed by atoms with Crippen LogP contribution in [0.15, 0.2) is 35.2 Å². The molecule has 1 rings (SSSR count). The van der Waals surface area contributed by atoms with E-state index in [1.165, 1.54) is 12.1 Å². The van der Waals surface area contributed by atoms with Gasteiger partial charge in [0.05, 0.1) is 10.6 Å². The lowest BCUT2D eigenvalue weighted by molar-refractivity contribution is 0.535. The van der Waals surface area contributed by atoms with Crippen LogP contribution < -0.4 is 14.8 Å². The second kappa shape index (κ2) is 8.59. The average Bonchev–Trinajstić information content (AvgIpc) is 2.46. The summed E-state index contributed by atoms with van der Waals surface area (Å²) in [6, 6.07) is 7.84. The molecule has 0 aliphatic carbocycles. The average molecular weight is 349 g/mol. The van der Waals surface area contributed by atoms with E-state index in [-0.39, 0.29) is 29.8 Å². The minimum Gasteiger partial charge on any atom is -0.313 e. The Morgan fingerprint density at radius 2 is 1.68 bits per heavy atom. The molecule has 0 amide bonds. The zero-order chi connectivity index (χ0) is 16.6. The summed E-state index contributed by atoms with van der Waals surface area (Å²) in [5.41, 5.74) is 0. The van der Waals surface area contributed by atoms with Crippen LogP contribution in [-0.4, -0.2) is 48.3 Å². The first-order valence-corrected chi connectivity index (χ1v) is 10.2. The van der Waals surface area contributed by atoms with Gasteiger partial charge in [0.25, 0.3) is 0 Å². The van der Waals surface area contributed by atoms with Gasteiger partial charge in [0.2, 0.25) is 20.0 Å². The molecule has 0 aliphatic heterocycles. The maximum atomic E-state index is 11.9. The predicted octanol–water partition coefficient (Wildman–Crippen LogP) is -0.118. The molecular formula is C13H23N3O4S2. The van der Waals surface area contributed by atoms with Crippen molar-refractivity contribution < 1.29 is 16.8 Å². The molecule has 0 radical (unpaired) electrons. The fourth-order valence-corrected chi connectivity index (χ4v) is 3.94.